The zero-order chi connectivity index (χ0) is 10.8. The van der Waals surface area contributed by atoms with Gasteiger partial charge in [0.05, 0.1) is 5.69 Å². The molecule has 78 valence electrons. The van der Waals surface area contributed by atoms with Crippen molar-refractivity contribution in [1.29, 1.82) is 0 Å². The van der Waals surface area contributed by atoms with E-state index in [1.165, 1.54) is 0 Å². The molecule has 1 unspecified atom stereocenters. The van der Waals surface area contributed by atoms with Crippen LogP contribution in [0.2, 0.25) is 0 Å². The van der Waals surface area contributed by atoms with E-state index in [0.29, 0.717) is 17.1 Å². The third-order valence-corrected chi connectivity index (χ3v) is 2.18. The molecule has 0 aliphatic rings. The number of rotatable bonds is 2. The highest BCUT2D eigenvalue weighted by Crippen LogP contribution is 2.23. The quantitative estimate of drug-likeness (QED) is 0.745. The Hall–Kier alpha value is -1.88. The highest BCUT2D eigenvalue weighted by Gasteiger charge is 2.15. The van der Waals surface area contributed by atoms with E-state index in [1.807, 2.05) is 0 Å². The lowest BCUT2D eigenvalue weighted by atomic mass is 10.1. The van der Waals surface area contributed by atoms with Gasteiger partial charge in [0.1, 0.15) is 11.9 Å². The number of aliphatic hydroxyl groups excluding tert-OH is 1. The molecular weight excluding hydrogens is 192 g/mol. The Balaban J connectivity index is 2.36. The average molecular weight is 204 g/mol. The van der Waals surface area contributed by atoms with Crippen molar-refractivity contribution in [3.8, 4) is 0 Å². The molecule has 0 aromatic carbocycles. The summed E-state index contributed by atoms with van der Waals surface area (Å²) in [6.45, 7) is 0. The molecule has 2 rings (SSSR count). The summed E-state index contributed by atoms with van der Waals surface area (Å²) < 4.78 is 1.63. The normalized spacial score (nSPS) is 12.7. The summed E-state index contributed by atoms with van der Waals surface area (Å²) in [4.78, 5) is 3.92. The third-order valence-electron chi connectivity index (χ3n) is 2.18. The molecule has 0 radical (unpaired) electrons. The van der Waals surface area contributed by atoms with Gasteiger partial charge in [0, 0.05) is 25.0 Å². The highest BCUT2D eigenvalue weighted by molar-refractivity contribution is 5.42. The van der Waals surface area contributed by atoms with Crippen LogP contribution in [0.5, 0.6) is 0 Å². The minimum absolute atomic E-state index is 0.329. The number of anilines is 1. The van der Waals surface area contributed by atoms with Crippen LogP contribution in [-0.2, 0) is 7.05 Å². The van der Waals surface area contributed by atoms with Crippen molar-refractivity contribution in [1.82, 2.24) is 14.8 Å². The van der Waals surface area contributed by atoms with Crippen molar-refractivity contribution >= 4 is 5.82 Å². The van der Waals surface area contributed by atoms with E-state index in [-0.39, 0.29) is 0 Å². The van der Waals surface area contributed by atoms with Gasteiger partial charge in [-0.15, -0.1) is 0 Å². The molecule has 0 amide bonds. The average Bonchev–Trinajstić information content (AvgIpc) is 2.65. The summed E-state index contributed by atoms with van der Waals surface area (Å²) in [5.74, 6) is 0.329. The molecule has 3 N–H and O–H groups in total. The van der Waals surface area contributed by atoms with Gasteiger partial charge in [0.15, 0.2) is 0 Å². The van der Waals surface area contributed by atoms with Crippen LogP contribution in [0.4, 0.5) is 5.82 Å². The Morgan fingerprint density at radius 2 is 2.27 bits per heavy atom. The van der Waals surface area contributed by atoms with Crippen LogP contribution in [0.1, 0.15) is 17.4 Å². The Labute approximate surface area is 87.2 Å². The van der Waals surface area contributed by atoms with Gasteiger partial charge in [-0.05, 0) is 12.1 Å². The largest absolute Gasteiger partial charge is 0.383 e. The SMILES string of the molecule is Cn1ccc(C(O)c2cccnc2N)n1. The maximum Gasteiger partial charge on any atom is 0.129 e. The van der Waals surface area contributed by atoms with E-state index in [1.54, 1.807) is 42.3 Å². The Morgan fingerprint density at radius 3 is 2.87 bits per heavy atom. The van der Waals surface area contributed by atoms with Crippen LogP contribution in [-0.4, -0.2) is 19.9 Å². The highest BCUT2D eigenvalue weighted by atomic mass is 16.3. The molecule has 5 nitrogen and oxygen atoms in total. The number of aliphatic hydroxyl groups is 1. The summed E-state index contributed by atoms with van der Waals surface area (Å²) in [7, 11) is 1.79. The molecule has 0 spiro atoms. The van der Waals surface area contributed by atoms with E-state index in [2.05, 4.69) is 10.1 Å². The molecule has 0 saturated carbocycles. The van der Waals surface area contributed by atoms with Crippen LogP contribution in [0.3, 0.4) is 0 Å². The van der Waals surface area contributed by atoms with Crippen LogP contribution < -0.4 is 5.73 Å². The monoisotopic (exact) mass is 204 g/mol. The number of hydrogen-bond donors (Lipinski definition) is 2. The topological polar surface area (TPSA) is 77.0 Å². The lowest BCUT2D eigenvalue weighted by Gasteiger charge is -2.09. The van der Waals surface area contributed by atoms with Gasteiger partial charge in [0.25, 0.3) is 0 Å². The van der Waals surface area contributed by atoms with Gasteiger partial charge in [-0.1, -0.05) is 6.07 Å². The van der Waals surface area contributed by atoms with E-state index in [4.69, 9.17) is 5.73 Å². The standard InChI is InChI=1S/C10H12N4O/c1-14-6-4-8(13-14)9(15)7-3-2-5-12-10(7)11/h2-6,9,15H,1H3,(H2,11,12). The second kappa shape index (κ2) is 3.70. The Bertz CT molecular complexity index is 466. The molecule has 5 heteroatoms. The minimum atomic E-state index is -0.820. The summed E-state index contributed by atoms with van der Waals surface area (Å²) in [6, 6.07) is 5.22. The van der Waals surface area contributed by atoms with E-state index < -0.39 is 6.10 Å². The summed E-state index contributed by atoms with van der Waals surface area (Å²) in [6.07, 6.45) is 2.54. The van der Waals surface area contributed by atoms with Crippen molar-refractivity contribution in [3.63, 3.8) is 0 Å². The number of aryl methyl sites for hydroxylation is 1. The molecule has 2 heterocycles. The van der Waals surface area contributed by atoms with Crippen molar-refractivity contribution < 1.29 is 5.11 Å². The Morgan fingerprint density at radius 1 is 1.47 bits per heavy atom. The number of nitrogens with two attached hydrogens (primary N) is 1. The molecular formula is C10H12N4O. The first kappa shape index (κ1) is 9.67. The first-order valence-corrected chi connectivity index (χ1v) is 4.56. The van der Waals surface area contributed by atoms with Crippen molar-refractivity contribution in [2.45, 2.75) is 6.10 Å². The smallest absolute Gasteiger partial charge is 0.129 e. The van der Waals surface area contributed by atoms with Crippen LogP contribution >= 0.6 is 0 Å². The minimum Gasteiger partial charge on any atom is -0.383 e. The number of pyridine rings is 1. The summed E-state index contributed by atoms with van der Waals surface area (Å²) >= 11 is 0. The summed E-state index contributed by atoms with van der Waals surface area (Å²) in [5, 5.41) is 14.1. The first-order chi connectivity index (χ1) is 7.18. The Kier molecular flexibility index (Phi) is 2.39. The fourth-order valence-electron chi connectivity index (χ4n) is 1.40. The van der Waals surface area contributed by atoms with Gasteiger partial charge in [-0.2, -0.15) is 5.10 Å². The fourth-order valence-corrected chi connectivity index (χ4v) is 1.40. The first-order valence-electron chi connectivity index (χ1n) is 4.56. The van der Waals surface area contributed by atoms with Gasteiger partial charge in [0.2, 0.25) is 0 Å². The van der Waals surface area contributed by atoms with Crippen molar-refractivity contribution in [2.75, 3.05) is 5.73 Å². The van der Waals surface area contributed by atoms with Crippen molar-refractivity contribution in [3.05, 3.63) is 41.9 Å². The summed E-state index contributed by atoms with van der Waals surface area (Å²) in [5.41, 5.74) is 6.81. The maximum absolute atomic E-state index is 9.99. The molecule has 1 atom stereocenters. The lowest BCUT2D eigenvalue weighted by molar-refractivity contribution is 0.214. The van der Waals surface area contributed by atoms with Crippen LogP contribution in [0.15, 0.2) is 30.6 Å². The maximum atomic E-state index is 9.99. The van der Waals surface area contributed by atoms with E-state index in [0.717, 1.165) is 0 Å². The number of hydrogen-bond acceptors (Lipinski definition) is 4. The van der Waals surface area contributed by atoms with Crippen LogP contribution in [0.25, 0.3) is 0 Å². The molecule has 2 aromatic rings. The van der Waals surface area contributed by atoms with Crippen LogP contribution in [0, 0.1) is 0 Å². The fraction of sp³-hybridized carbons (Fsp3) is 0.200. The van der Waals surface area contributed by atoms with Gasteiger partial charge < -0.3 is 10.8 Å². The molecule has 0 bridgehead atoms. The molecule has 2 aromatic heterocycles. The predicted octanol–water partition coefficient (Wildman–Crippen LogP) is 0.479. The predicted molar refractivity (Wildman–Crippen MR) is 55.9 cm³/mol. The molecule has 0 fully saturated rings. The van der Waals surface area contributed by atoms with E-state index in [9.17, 15) is 5.11 Å². The second-order valence-electron chi connectivity index (χ2n) is 3.29. The third kappa shape index (κ3) is 1.82. The number of nitrogen functional groups attached to an aromatic ring is 1. The van der Waals surface area contributed by atoms with Gasteiger partial charge in [-0.25, -0.2) is 4.98 Å². The zero-order valence-corrected chi connectivity index (χ0v) is 8.33. The van der Waals surface area contributed by atoms with Gasteiger partial charge >= 0.3 is 0 Å². The van der Waals surface area contributed by atoms with Crippen molar-refractivity contribution in [2.24, 2.45) is 7.05 Å². The number of aromatic nitrogens is 3. The molecule has 0 aliphatic carbocycles. The molecule has 0 aliphatic heterocycles. The lowest BCUT2D eigenvalue weighted by Crippen LogP contribution is -2.06. The molecule has 15 heavy (non-hydrogen) atoms. The van der Waals surface area contributed by atoms with Gasteiger partial charge in [-0.3, -0.25) is 4.68 Å². The zero-order valence-electron chi connectivity index (χ0n) is 8.33. The number of nitrogens with zero attached hydrogens (tertiary/aromatic N) is 3. The molecule has 0 saturated heterocycles. The van der Waals surface area contributed by atoms with E-state index >= 15 is 0 Å². The second-order valence-corrected chi connectivity index (χ2v) is 3.29.